The van der Waals surface area contributed by atoms with Crippen molar-refractivity contribution in [3.63, 3.8) is 0 Å². The van der Waals surface area contributed by atoms with E-state index >= 15 is 0 Å². The minimum absolute atomic E-state index is 0.182. The van der Waals surface area contributed by atoms with E-state index in [2.05, 4.69) is 24.3 Å². The minimum atomic E-state index is -0.182. The van der Waals surface area contributed by atoms with Crippen LogP contribution in [0.5, 0.6) is 0 Å². The first-order chi connectivity index (χ1) is 10.8. The third-order valence-electron chi connectivity index (χ3n) is 5.30. The second-order valence-corrected chi connectivity index (χ2v) is 6.91. The number of urea groups is 1. The second-order valence-electron chi connectivity index (χ2n) is 6.91. The first-order valence-corrected chi connectivity index (χ1v) is 8.94. The number of carbonyl (C=O) groups is 1. The summed E-state index contributed by atoms with van der Waals surface area (Å²) in [5.41, 5.74) is 8.44. The largest absolute Gasteiger partial charge is 0.351 e. The van der Waals surface area contributed by atoms with Gasteiger partial charge >= 0.3 is 6.03 Å². The highest BCUT2D eigenvalue weighted by atomic mass is 16.2. The van der Waals surface area contributed by atoms with Crippen molar-refractivity contribution in [2.75, 3.05) is 0 Å². The minimum Gasteiger partial charge on any atom is -0.351 e. The van der Waals surface area contributed by atoms with Crippen LogP contribution >= 0.6 is 0 Å². The molecule has 2 saturated carbocycles. The van der Waals surface area contributed by atoms with Crippen LogP contribution in [0.4, 0.5) is 4.79 Å². The molecule has 0 atom stereocenters. The van der Waals surface area contributed by atoms with Gasteiger partial charge < -0.3 is 10.6 Å². The Morgan fingerprint density at radius 1 is 0.864 bits per heavy atom. The molecule has 22 heavy (non-hydrogen) atoms. The zero-order chi connectivity index (χ0) is 15.4. The van der Waals surface area contributed by atoms with Crippen LogP contribution in [0.1, 0.15) is 64.2 Å². The molecule has 4 rings (SSSR count). The lowest BCUT2D eigenvalue weighted by atomic mass is 9.89. The van der Waals surface area contributed by atoms with Crippen LogP contribution in [-0.2, 0) is 0 Å². The van der Waals surface area contributed by atoms with Gasteiger partial charge in [0.05, 0.1) is 0 Å². The number of primary amides is 1. The molecule has 0 heterocycles. The van der Waals surface area contributed by atoms with Crippen molar-refractivity contribution in [3.8, 4) is 11.1 Å². The average Bonchev–Trinajstić information content (AvgIpc) is 3.15. The van der Waals surface area contributed by atoms with E-state index in [1.165, 1.54) is 75.3 Å². The molecule has 0 saturated heterocycles. The highest BCUT2D eigenvalue weighted by molar-refractivity contribution is 5.80. The maximum absolute atomic E-state index is 11.6. The van der Waals surface area contributed by atoms with Crippen molar-refractivity contribution >= 4 is 6.03 Å². The standard InChI is InChI=1S/C13H24N2O.C6H4/c14-13(16)15(11-7-3-1-4-8-11)12-9-5-2-6-10-12;1-2-5-4-6(5)3-1/h11-12H,1-10H2,(H2,14,16);1-4H. The fraction of sp³-hybridized carbons (Fsp3) is 0.632. The van der Waals surface area contributed by atoms with Gasteiger partial charge in [0.25, 0.3) is 0 Å². The van der Waals surface area contributed by atoms with E-state index in [9.17, 15) is 4.79 Å². The summed E-state index contributed by atoms with van der Waals surface area (Å²) >= 11 is 0. The van der Waals surface area contributed by atoms with Crippen molar-refractivity contribution in [1.82, 2.24) is 4.90 Å². The zero-order valence-corrected chi connectivity index (χ0v) is 13.5. The molecule has 3 nitrogen and oxygen atoms in total. The van der Waals surface area contributed by atoms with Gasteiger partial charge in [0.1, 0.15) is 0 Å². The van der Waals surface area contributed by atoms with E-state index in [-0.39, 0.29) is 6.03 Å². The molecular formula is C19H28N2O. The summed E-state index contributed by atoms with van der Waals surface area (Å²) in [6, 6.07) is 9.18. The molecular weight excluding hydrogens is 272 g/mol. The fourth-order valence-corrected chi connectivity index (χ4v) is 4.05. The van der Waals surface area contributed by atoms with E-state index in [0.29, 0.717) is 12.1 Å². The van der Waals surface area contributed by atoms with Gasteiger partial charge in [0.2, 0.25) is 0 Å². The molecule has 0 aromatic carbocycles. The molecule has 3 heteroatoms. The van der Waals surface area contributed by atoms with Gasteiger partial charge in [-0.05, 0) is 42.9 Å². The predicted octanol–water partition coefficient (Wildman–Crippen LogP) is 4.70. The molecule has 4 aliphatic carbocycles. The first kappa shape index (κ1) is 15.4. The van der Waals surface area contributed by atoms with E-state index in [4.69, 9.17) is 5.73 Å². The van der Waals surface area contributed by atoms with Gasteiger partial charge in [-0.1, -0.05) is 56.7 Å². The lowest BCUT2D eigenvalue weighted by molar-refractivity contribution is 0.111. The Labute approximate surface area is 133 Å². The van der Waals surface area contributed by atoms with Crippen molar-refractivity contribution in [2.45, 2.75) is 76.3 Å². The molecule has 0 bridgehead atoms. The zero-order valence-electron chi connectivity index (χ0n) is 13.5. The number of carbonyl (C=O) groups excluding carboxylic acids is 1. The summed E-state index contributed by atoms with van der Waals surface area (Å²) in [6.07, 6.45) is 12.4. The molecule has 0 aromatic rings. The fourth-order valence-electron chi connectivity index (χ4n) is 4.05. The number of rotatable bonds is 2. The summed E-state index contributed by atoms with van der Waals surface area (Å²) in [7, 11) is 0. The van der Waals surface area contributed by atoms with Gasteiger partial charge in [-0.15, -0.1) is 0 Å². The molecule has 4 aliphatic rings. The first-order valence-electron chi connectivity index (χ1n) is 8.94. The van der Waals surface area contributed by atoms with Crippen LogP contribution in [0.2, 0.25) is 0 Å². The molecule has 0 aromatic heterocycles. The quantitative estimate of drug-likeness (QED) is 0.858. The number of nitrogens with two attached hydrogens (primary N) is 1. The highest BCUT2D eigenvalue weighted by Crippen LogP contribution is 2.32. The molecule has 120 valence electrons. The van der Waals surface area contributed by atoms with Gasteiger partial charge in [-0.25, -0.2) is 4.79 Å². The summed E-state index contributed by atoms with van der Waals surface area (Å²) in [4.78, 5) is 13.7. The highest BCUT2D eigenvalue weighted by Gasteiger charge is 2.30. The topological polar surface area (TPSA) is 46.3 Å². The maximum Gasteiger partial charge on any atom is 0.315 e. The number of hydrogen-bond donors (Lipinski definition) is 1. The van der Waals surface area contributed by atoms with Crippen LogP contribution in [0.25, 0.3) is 11.1 Å². The Bertz CT molecular complexity index is 467. The van der Waals surface area contributed by atoms with E-state index in [1.54, 1.807) is 0 Å². The smallest absolute Gasteiger partial charge is 0.315 e. The predicted molar refractivity (Wildman–Crippen MR) is 90.6 cm³/mol. The van der Waals surface area contributed by atoms with Crippen molar-refractivity contribution in [2.24, 2.45) is 5.73 Å². The van der Waals surface area contributed by atoms with Gasteiger partial charge in [-0.2, -0.15) is 0 Å². The van der Waals surface area contributed by atoms with Crippen LogP contribution in [0, 0.1) is 0 Å². The number of fused-ring (bicyclic) bond motifs is 1. The van der Waals surface area contributed by atoms with Crippen molar-refractivity contribution in [1.29, 1.82) is 0 Å². The molecule has 0 radical (unpaired) electrons. The Kier molecular flexibility index (Phi) is 5.01. The second kappa shape index (κ2) is 7.17. The molecule has 0 aliphatic heterocycles. The molecule has 2 fully saturated rings. The third-order valence-corrected chi connectivity index (χ3v) is 5.30. The third kappa shape index (κ3) is 3.82. The normalized spacial score (nSPS) is 20.7. The summed E-state index contributed by atoms with van der Waals surface area (Å²) in [5.74, 6) is 0. The number of nitrogens with zero attached hydrogens (tertiary/aromatic N) is 1. The van der Waals surface area contributed by atoms with E-state index in [1.807, 2.05) is 4.90 Å². The lowest BCUT2D eigenvalue weighted by Crippen LogP contribution is -2.51. The Hall–Kier alpha value is -1.51. The number of hydrogen-bond acceptors (Lipinski definition) is 1. The van der Waals surface area contributed by atoms with Crippen LogP contribution in [0.3, 0.4) is 0 Å². The van der Waals surface area contributed by atoms with Crippen LogP contribution in [-0.4, -0.2) is 23.0 Å². The van der Waals surface area contributed by atoms with Crippen LogP contribution < -0.4 is 5.73 Å². The SMILES string of the molecule is NC(=O)N(C1CCCCC1)C1CCCCC1.c1cc2cc-2c1. The van der Waals surface area contributed by atoms with Crippen molar-refractivity contribution in [3.05, 3.63) is 24.3 Å². The molecule has 0 unspecified atom stereocenters. The Morgan fingerprint density at radius 2 is 1.32 bits per heavy atom. The van der Waals surface area contributed by atoms with E-state index < -0.39 is 0 Å². The van der Waals surface area contributed by atoms with Gasteiger partial charge in [0.15, 0.2) is 0 Å². The van der Waals surface area contributed by atoms with Gasteiger partial charge in [0, 0.05) is 12.1 Å². The summed E-state index contributed by atoms with van der Waals surface area (Å²) in [6.45, 7) is 0. The molecule has 0 spiro atoms. The number of benzene rings is 1. The monoisotopic (exact) mass is 300 g/mol. The number of amides is 2. The summed E-state index contributed by atoms with van der Waals surface area (Å²) < 4.78 is 0. The summed E-state index contributed by atoms with van der Waals surface area (Å²) in [5, 5.41) is 0. The van der Waals surface area contributed by atoms with Gasteiger partial charge in [-0.3, -0.25) is 0 Å². The molecule has 2 amide bonds. The van der Waals surface area contributed by atoms with E-state index in [0.717, 1.165) is 0 Å². The Balaban J connectivity index is 0.000000196. The molecule has 2 N–H and O–H groups in total. The lowest BCUT2D eigenvalue weighted by Gasteiger charge is -2.40. The maximum atomic E-state index is 11.6. The Morgan fingerprint density at radius 3 is 1.59 bits per heavy atom. The average molecular weight is 300 g/mol. The van der Waals surface area contributed by atoms with Crippen molar-refractivity contribution < 1.29 is 4.79 Å². The van der Waals surface area contributed by atoms with Crippen LogP contribution in [0.15, 0.2) is 24.3 Å².